The van der Waals surface area contributed by atoms with Gasteiger partial charge in [0.2, 0.25) is 0 Å². The van der Waals surface area contributed by atoms with Gasteiger partial charge < -0.3 is 9.84 Å². The van der Waals surface area contributed by atoms with Crippen LogP contribution in [0.1, 0.15) is 13.3 Å². The van der Waals surface area contributed by atoms with Gasteiger partial charge in [0.05, 0.1) is 13.2 Å². The molecule has 1 saturated heterocycles. The van der Waals surface area contributed by atoms with Crippen molar-refractivity contribution in [3.8, 4) is 0 Å². The molecular formula is C8H15Cl2NO2. The number of ether oxygens (including phenoxy) is 1. The Morgan fingerprint density at radius 1 is 1.46 bits per heavy atom. The van der Waals surface area contributed by atoms with Gasteiger partial charge in [-0.3, -0.25) is 4.90 Å². The van der Waals surface area contributed by atoms with E-state index in [0.717, 1.165) is 0 Å². The lowest BCUT2D eigenvalue weighted by Gasteiger charge is -2.36. The van der Waals surface area contributed by atoms with Gasteiger partial charge in [0, 0.05) is 13.1 Å². The van der Waals surface area contributed by atoms with Gasteiger partial charge in [-0.25, -0.2) is 0 Å². The van der Waals surface area contributed by atoms with E-state index in [2.05, 4.69) is 0 Å². The molecule has 0 aromatic rings. The Balaban J connectivity index is 2.49. The lowest BCUT2D eigenvalue weighted by molar-refractivity contribution is -0.0657. The third-order valence-electron chi connectivity index (χ3n) is 2.24. The summed E-state index contributed by atoms with van der Waals surface area (Å²) in [6.45, 7) is 4.48. The molecule has 0 saturated carbocycles. The fourth-order valence-corrected chi connectivity index (χ4v) is 1.55. The van der Waals surface area contributed by atoms with Crippen LogP contribution in [0.3, 0.4) is 0 Å². The molecule has 0 bridgehead atoms. The Kier molecular flexibility index (Phi) is 4.26. The molecule has 1 rings (SSSR count). The van der Waals surface area contributed by atoms with Crippen molar-refractivity contribution in [2.45, 2.75) is 23.9 Å². The van der Waals surface area contributed by atoms with E-state index in [1.165, 1.54) is 0 Å². The smallest absolute Gasteiger partial charge is 0.157 e. The van der Waals surface area contributed by atoms with Gasteiger partial charge in [-0.2, -0.15) is 0 Å². The van der Waals surface area contributed by atoms with Crippen LogP contribution in [0.15, 0.2) is 0 Å². The first-order chi connectivity index (χ1) is 6.08. The predicted octanol–water partition coefficient (Wildman–Crippen LogP) is 1.22. The standard InChI is InChI=1S/C8H15Cl2NO2/c1-2-8(9,10)7(12)11-3-5-13-6-4-11/h7,12H,2-6H2,1H3. The second-order valence-electron chi connectivity index (χ2n) is 3.14. The van der Waals surface area contributed by atoms with E-state index in [1.54, 1.807) is 0 Å². The fourth-order valence-electron chi connectivity index (χ4n) is 1.27. The molecule has 1 aliphatic rings. The van der Waals surface area contributed by atoms with Crippen molar-refractivity contribution in [3.63, 3.8) is 0 Å². The van der Waals surface area contributed by atoms with Gasteiger partial charge in [-0.15, -0.1) is 0 Å². The molecular weight excluding hydrogens is 213 g/mol. The largest absolute Gasteiger partial charge is 0.379 e. The van der Waals surface area contributed by atoms with E-state index in [9.17, 15) is 5.11 Å². The number of halogens is 2. The lowest BCUT2D eigenvalue weighted by Crippen LogP contribution is -2.51. The summed E-state index contributed by atoms with van der Waals surface area (Å²) in [5.41, 5.74) is 0. The molecule has 0 amide bonds. The van der Waals surface area contributed by atoms with Crippen LogP contribution in [0.2, 0.25) is 0 Å². The monoisotopic (exact) mass is 227 g/mol. The molecule has 0 aromatic heterocycles. The molecule has 78 valence electrons. The maximum atomic E-state index is 9.81. The number of aliphatic hydroxyl groups is 1. The Hall–Kier alpha value is 0.460. The number of hydrogen-bond acceptors (Lipinski definition) is 3. The molecule has 0 aromatic carbocycles. The molecule has 1 heterocycles. The molecule has 3 nitrogen and oxygen atoms in total. The molecule has 1 fully saturated rings. The van der Waals surface area contributed by atoms with Gasteiger partial charge in [-0.05, 0) is 6.42 Å². The summed E-state index contributed by atoms with van der Waals surface area (Å²) in [5, 5.41) is 9.81. The van der Waals surface area contributed by atoms with E-state index < -0.39 is 10.6 Å². The van der Waals surface area contributed by atoms with Crippen LogP contribution in [0.5, 0.6) is 0 Å². The molecule has 1 aliphatic heterocycles. The van der Waals surface area contributed by atoms with Crippen LogP contribution < -0.4 is 0 Å². The highest BCUT2D eigenvalue weighted by atomic mass is 35.5. The normalized spacial score (nSPS) is 23.1. The second-order valence-corrected chi connectivity index (χ2v) is 4.68. The summed E-state index contributed by atoms with van der Waals surface area (Å²) in [6, 6.07) is 0. The van der Waals surface area contributed by atoms with Gasteiger partial charge in [0.1, 0.15) is 6.23 Å². The molecule has 5 heteroatoms. The van der Waals surface area contributed by atoms with Crippen LogP contribution in [0.4, 0.5) is 0 Å². The Bertz CT molecular complexity index is 160. The van der Waals surface area contributed by atoms with Crippen molar-refractivity contribution in [1.82, 2.24) is 4.90 Å². The first kappa shape index (κ1) is 11.5. The van der Waals surface area contributed by atoms with Crippen molar-refractivity contribution in [1.29, 1.82) is 0 Å². The molecule has 0 spiro atoms. The molecule has 1 atom stereocenters. The van der Waals surface area contributed by atoms with Crippen molar-refractivity contribution >= 4 is 23.2 Å². The number of nitrogens with zero attached hydrogens (tertiary/aromatic N) is 1. The zero-order chi connectivity index (χ0) is 9.90. The summed E-state index contributed by atoms with van der Waals surface area (Å²) < 4.78 is 4.09. The number of alkyl halides is 2. The van der Waals surface area contributed by atoms with Gasteiger partial charge in [0.15, 0.2) is 4.33 Å². The minimum Gasteiger partial charge on any atom is -0.379 e. The van der Waals surface area contributed by atoms with Gasteiger partial charge >= 0.3 is 0 Å². The summed E-state index contributed by atoms with van der Waals surface area (Å²) in [7, 11) is 0. The minimum absolute atomic E-state index is 0.522. The lowest BCUT2D eigenvalue weighted by atomic mass is 10.2. The van der Waals surface area contributed by atoms with E-state index in [4.69, 9.17) is 27.9 Å². The summed E-state index contributed by atoms with van der Waals surface area (Å²) in [5.74, 6) is 0. The summed E-state index contributed by atoms with van der Waals surface area (Å²) in [4.78, 5) is 1.84. The van der Waals surface area contributed by atoms with E-state index in [0.29, 0.717) is 32.7 Å². The summed E-state index contributed by atoms with van der Waals surface area (Å²) in [6.07, 6.45) is -0.279. The zero-order valence-electron chi connectivity index (χ0n) is 7.67. The maximum absolute atomic E-state index is 9.81. The fraction of sp³-hybridized carbons (Fsp3) is 1.00. The zero-order valence-corrected chi connectivity index (χ0v) is 9.18. The molecule has 1 N–H and O–H groups in total. The number of hydrogen-bond donors (Lipinski definition) is 1. The second kappa shape index (κ2) is 4.80. The Morgan fingerprint density at radius 2 is 2.00 bits per heavy atom. The van der Waals surface area contributed by atoms with Crippen LogP contribution >= 0.6 is 23.2 Å². The van der Waals surface area contributed by atoms with Crippen LogP contribution in [-0.4, -0.2) is 46.9 Å². The quantitative estimate of drug-likeness (QED) is 0.737. The van der Waals surface area contributed by atoms with Gasteiger partial charge in [-0.1, -0.05) is 30.1 Å². The third kappa shape index (κ3) is 2.96. The Morgan fingerprint density at radius 3 is 2.46 bits per heavy atom. The Labute approximate surface area is 88.6 Å². The summed E-state index contributed by atoms with van der Waals surface area (Å²) >= 11 is 11.9. The average molecular weight is 228 g/mol. The van der Waals surface area contributed by atoms with Crippen molar-refractivity contribution in [2.24, 2.45) is 0 Å². The van der Waals surface area contributed by atoms with Gasteiger partial charge in [0.25, 0.3) is 0 Å². The average Bonchev–Trinajstić information content (AvgIpc) is 2.18. The van der Waals surface area contributed by atoms with E-state index >= 15 is 0 Å². The van der Waals surface area contributed by atoms with Crippen LogP contribution in [-0.2, 0) is 4.74 Å². The maximum Gasteiger partial charge on any atom is 0.157 e. The molecule has 13 heavy (non-hydrogen) atoms. The van der Waals surface area contributed by atoms with Crippen molar-refractivity contribution < 1.29 is 9.84 Å². The predicted molar refractivity (Wildman–Crippen MR) is 53.1 cm³/mol. The molecule has 1 unspecified atom stereocenters. The SMILES string of the molecule is CCC(Cl)(Cl)C(O)N1CCOCC1. The third-order valence-corrected chi connectivity index (χ3v) is 3.17. The highest BCUT2D eigenvalue weighted by molar-refractivity contribution is 6.48. The highest BCUT2D eigenvalue weighted by Crippen LogP contribution is 2.31. The van der Waals surface area contributed by atoms with Crippen molar-refractivity contribution in [2.75, 3.05) is 26.3 Å². The topological polar surface area (TPSA) is 32.7 Å². The molecule has 0 aliphatic carbocycles. The highest BCUT2D eigenvalue weighted by Gasteiger charge is 2.36. The first-order valence-corrected chi connectivity index (χ1v) is 5.21. The van der Waals surface area contributed by atoms with Crippen LogP contribution in [0, 0.1) is 0 Å². The van der Waals surface area contributed by atoms with Crippen molar-refractivity contribution in [3.05, 3.63) is 0 Å². The van der Waals surface area contributed by atoms with E-state index in [1.807, 2.05) is 11.8 Å². The molecule has 0 radical (unpaired) electrons. The van der Waals surface area contributed by atoms with Crippen LogP contribution in [0.25, 0.3) is 0 Å². The first-order valence-electron chi connectivity index (χ1n) is 4.45. The van der Waals surface area contributed by atoms with E-state index in [-0.39, 0.29) is 0 Å². The number of morpholine rings is 1. The number of rotatable bonds is 3. The minimum atomic E-state index is -1.07. The number of aliphatic hydroxyl groups excluding tert-OH is 1.